The highest BCUT2D eigenvalue weighted by molar-refractivity contribution is 7.90. The third-order valence-electron chi connectivity index (χ3n) is 5.62. The van der Waals surface area contributed by atoms with E-state index >= 15 is 0 Å². The predicted molar refractivity (Wildman–Crippen MR) is 156 cm³/mol. The average Bonchev–Trinajstić information content (AvgIpc) is 3.17. The van der Waals surface area contributed by atoms with Crippen LogP contribution in [-0.4, -0.2) is 42.0 Å². The molecule has 8 nitrogen and oxygen atoms in total. The Morgan fingerprint density at radius 1 is 1.21 bits per heavy atom. The zero-order valence-corrected chi connectivity index (χ0v) is 24.6. The number of ether oxygens (including phenoxy) is 1. The van der Waals surface area contributed by atoms with E-state index in [9.17, 15) is 13.2 Å². The van der Waals surface area contributed by atoms with Gasteiger partial charge in [0.1, 0.15) is 5.60 Å². The Labute approximate surface area is 227 Å². The SMILES string of the molecule is C=C(NC(C)=NC(C)CC(C)NC(=O)OC(C)(C)C)c1cn(S(=O)(=O)c2ccccc2)c(C=CC)c1CC. The second-order valence-corrected chi connectivity index (χ2v) is 12.1. The number of carbonyl (C=O) groups is 1. The van der Waals surface area contributed by atoms with Crippen LogP contribution in [-0.2, 0) is 21.2 Å². The molecule has 0 radical (unpaired) electrons. The largest absolute Gasteiger partial charge is 0.444 e. The van der Waals surface area contributed by atoms with Crippen LogP contribution in [0.2, 0.25) is 0 Å². The Balaban J connectivity index is 2.24. The summed E-state index contributed by atoms with van der Waals surface area (Å²) in [5.41, 5.74) is 2.18. The number of nitrogens with one attached hydrogen (secondary N) is 2. The Morgan fingerprint density at radius 2 is 1.84 bits per heavy atom. The minimum atomic E-state index is -3.80. The first-order chi connectivity index (χ1) is 17.7. The number of aromatic nitrogens is 1. The van der Waals surface area contributed by atoms with Crippen LogP contribution in [0.25, 0.3) is 11.8 Å². The maximum Gasteiger partial charge on any atom is 0.407 e. The fourth-order valence-corrected chi connectivity index (χ4v) is 5.59. The molecule has 1 aromatic carbocycles. The fourth-order valence-electron chi connectivity index (χ4n) is 4.18. The maximum absolute atomic E-state index is 13.5. The molecule has 2 aromatic rings. The van der Waals surface area contributed by atoms with Gasteiger partial charge in [-0.25, -0.2) is 17.2 Å². The number of carbonyl (C=O) groups excluding carboxylic acids is 1. The quantitative estimate of drug-likeness (QED) is 0.284. The second-order valence-electron chi connectivity index (χ2n) is 10.3. The highest BCUT2D eigenvalue weighted by Crippen LogP contribution is 2.28. The number of nitrogens with zero attached hydrogens (tertiary/aromatic N) is 2. The van der Waals surface area contributed by atoms with Crippen molar-refractivity contribution in [1.29, 1.82) is 0 Å². The molecule has 0 saturated carbocycles. The summed E-state index contributed by atoms with van der Waals surface area (Å²) in [7, 11) is -3.80. The molecule has 38 heavy (non-hydrogen) atoms. The molecule has 0 saturated heterocycles. The molecular formula is C29H42N4O4S. The molecule has 0 aliphatic rings. The second kappa shape index (κ2) is 13.0. The van der Waals surface area contributed by atoms with E-state index < -0.39 is 21.7 Å². The number of amidine groups is 1. The Hall–Kier alpha value is -3.33. The first kappa shape index (κ1) is 30.9. The van der Waals surface area contributed by atoms with Gasteiger partial charge in [-0.1, -0.05) is 37.8 Å². The number of benzene rings is 1. The van der Waals surface area contributed by atoms with Gasteiger partial charge >= 0.3 is 6.09 Å². The molecule has 0 aliphatic heterocycles. The third kappa shape index (κ3) is 8.34. The van der Waals surface area contributed by atoms with Crippen molar-refractivity contribution in [2.45, 2.75) is 90.8 Å². The minimum absolute atomic E-state index is 0.0903. The predicted octanol–water partition coefficient (Wildman–Crippen LogP) is 5.99. The molecule has 9 heteroatoms. The molecule has 0 spiro atoms. The average molecular weight is 543 g/mol. The van der Waals surface area contributed by atoms with Gasteiger partial charge in [0.05, 0.1) is 22.5 Å². The lowest BCUT2D eigenvalue weighted by molar-refractivity contribution is 0.0505. The van der Waals surface area contributed by atoms with Gasteiger partial charge in [-0.3, -0.25) is 4.99 Å². The molecule has 1 aromatic heterocycles. The van der Waals surface area contributed by atoms with Gasteiger partial charge in [0.2, 0.25) is 0 Å². The third-order valence-corrected chi connectivity index (χ3v) is 7.31. The number of rotatable bonds is 10. The van der Waals surface area contributed by atoms with E-state index in [0.29, 0.717) is 35.6 Å². The van der Waals surface area contributed by atoms with E-state index in [4.69, 9.17) is 9.73 Å². The van der Waals surface area contributed by atoms with Gasteiger partial charge in [0.25, 0.3) is 10.0 Å². The lowest BCUT2D eigenvalue weighted by Crippen LogP contribution is -2.38. The van der Waals surface area contributed by atoms with Crippen LogP contribution in [0.4, 0.5) is 4.79 Å². The van der Waals surface area contributed by atoms with Gasteiger partial charge in [0, 0.05) is 23.5 Å². The van der Waals surface area contributed by atoms with Crippen molar-refractivity contribution in [2.24, 2.45) is 4.99 Å². The first-order valence-electron chi connectivity index (χ1n) is 12.9. The number of amides is 1. The van der Waals surface area contributed by atoms with E-state index in [1.165, 1.54) is 3.97 Å². The van der Waals surface area contributed by atoms with E-state index in [1.807, 2.05) is 61.5 Å². The molecule has 2 unspecified atom stereocenters. The van der Waals surface area contributed by atoms with Crippen LogP contribution >= 0.6 is 0 Å². The first-order valence-corrected chi connectivity index (χ1v) is 14.3. The molecule has 0 fully saturated rings. The zero-order valence-electron chi connectivity index (χ0n) is 23.8. The van der Waals surface area contributed by atoms with Gasteiger partial charge in [-0.05, 0) is 85.1 Å². The number of allylic oxidation sites excluding steroid dienone is 1. The van der Waals surface area contributed by atoms with Crippen LogP contribution in [0.3, 0.4) is 0 Å². The van der Waals surface area contributed by atoms with E-state index in [2.05, 4.69) is 17.2 Å². The Kier molecular flexibility index (Phi) is 10.5. The molecule has 208 valence electrons. The van der Waals surface area contributed by atoms with Crippen molar-refractivity contribution in [3.05, 3.63) is 66.0 Å². The Bertz CT molecular complexity index is 1290. The lowest BCUT2D eigenvalue weighted by atomic mass is 10.1. The molecule has 2 rings (SSSR count). The molecule has 0 aliphatic carbocycles. The summed E-state index contributed by atoms with van der Waals surface area (Å²) in [5.74, 6) is 0.639. The summed E-state index contributed by atoms with van der Waals surface area (Å²) in [6, 6.07) is 8.15. The monoisotopic (exact) mass is 542 g/mol. The molecule has 2 N–H and O–H groups in total. The van der Waals surface area contributed by atoms with E-state index in [1.54, 1.807) is 42.6 Å². The van der Waals surface area contributed by atoms with Crippen molar-refractivity contribution in [1.82, 2.24) is 14.6 Å². The van der Waals surface area contributed by atoms with E-state index in [-0.39, 0.29) is 17.0 Å². The van der Waals surface area contributed by atoms with Gasteiger partial charge in [-0.2, -0.15) is 0 Å². The maximum atomic E-state index is 13.5. The fraction of sp³-hybridized carbons (Fsp3) is 0.448. The van der Waals surface area contributed by atoms with Crippen molar-refractivity contribution in [2.75, 3.05) is 0 Å². The van der Waals surface area contributed by atoms with Crippen LogP contribution < -0.4 is 10.6 Å². The lowest BCUT2D eigenvalue weighted by Gasteiger charge is -2.22. The highest BCUT2D eigenvalue weighted by atomic mass is 32.2. The summed E-state index contributed by atoms with van der Waals surface area (Å²) < 4.78 is 33.6. The van der Waals surface area contributed by atoms with Gasteiger partial charge in [0.15, 0.2) is 0 Å². The standard InChI is InChI=1S/C29H42N4O4S/c1-10-15-27-25(11-2)26(19-33(27)38(35,36)24-16-13-12-14-17-24)22(5)32-23(6)30-20(3)18-21(4)31-28(34)37-29(7,8)9/h10,12-17,19-21H,5,11,18H2,1-4,6-9H3,(H,30,32)(H,31,34). The van der Waals surface area contributed by atoms with Gasteiger partial charge in [-0.15, -0.1) is 0 Å². The van der Waals surface area contributed by atoms with Crippen LogP contribution in [0.15, 0.2) is 59.1 Å². The molecular weight excluding hydrogens is 500 g/mol. The topological polar surface area (TPSA) is 102 Å². The summed E-state index contributed by atoms with van der Waals surface area (Å²) >= 11 is 0. The minimum Gasteiger partial charge on any atom is -0.444 e. The molecule has 1 heterocycles. The normalized spacial score (nSPS) is 14.3. The number of hydrogen-bond acceptors (Lipinski definition) is 5. The van der Waals surface area contributed by atoms with Crippen LogP contribution in [0.1, 0.15) is 78.6 Å². The number of aliphatic imine (C=N–C) groups is 1. The van der Waals surface area contributed by atoms with Gasteiger partial charge < -0.3 is 15.4 Å². The van der Waals surface area contributed by atoms with Crippen LogP contribution in [0, 0.1) is 0 Å². The van der Waals surface area contributed by atoms with Crippen molar-refractivity contribution in [3.8, 4) is 0 Å². The smallest absolute Gasteiger partial charge is 0.407 e. The zero-order chi connectivity index (χ0) is 28.7. The Morgan fingerprint density at radius 3 is 2.39 bits per heavy atom. The summed E-state index contributed by atoms with van der Waals surface area (Å²) in [5, 5.41) is 6.07. The summed E-state index contributed by atoms with van der Waals surface area (Å²) in [4.78, 5) is 16.9. The van der Waals surface area contributed by atoms with Crippen LogP contribution in [0.5, 0.6) is 0 Å². The molecule has 2 atom stereocenters. The van der Waals surface area contributed by atoms with Crippen molar-refractivity contribution >= 4 is 33.7 Å². The number of alkyl carbamates (subject to hydrolysis) is 1. The van der Waals surface area contributed by atoms with Crippen molar-refractivity contribution in [3.63, 3.8) is 0 Å². The molecule has 0 bridgehead atoms. The summed E-state index contributed by atoms with van der Waals surface area (Å²) in [6.07, 6.45) is 6.03. The highest BCUT2D eigenvalue weighted by Gasteiger charge is 2.24. The number of hydrogen-bond donors (Lipinski definition) is 2. The van der Waals surface area contributed by atoms with E-state index in [0.717, 1.165) is 5.56 Å². The molecule has 1 amide bonds. The van der Waals surface area contributed by atoms with Crippen molar-refractivity contribution < 1.29 is 17.9 Å². The summed E-state index contributed by atoms with van der Waals surface area (Å²) in [6.45, 7) is 19.2.